The van der Waals surface area contributed by atoms with Crippen molar-refractivity contribution >= 4 is 19.1 Å². The van der Waals surface area contributed by atoms with Gasteiger partial charge in [0, 0.05) is 25.0 Å². The molecule has 0 bridgehead atoms. The first kappa shape index (κ1) is 36.3. The fourth-order valence-electron chi connectivity index (χ4n) is 8.04. The molecule has 2 amide bonds. The average Bonchev–Trinajstić information content (AvgIpc) is 3.62. The molecule has 12 heteroatoms. The van der Waals surface area contributed by atoms with Crippen LogP contribution in [0.4, 0.5) is 13.6 Å². The summed E-state index contributed by atoms with van der Waals surface area (Å²) in [6.45, 7) is 10.3. The molecule has 0 radical (unpaired) electrons. The smallest absolute Gasteiger partial charge is 0.444 e. The molecule has 4 fully saturated rings. The number of hydrogen-bond acceptors (Lipinski definition) is 7. The number of amides is 2. The fraction of sp³-hybridized carbons (Fsp3) is 0.694. The molecule has 6 atom stereocenters. The van der Waals surface area contributed by atoms with E-state index in [1.807, 2.05) is 36.4 Å². The maximum absolute atomic E-state index is 13.9. The quantitative estimate of drug-likeness (QED) is 0.187. The molecule has 0 aromatic heterocycles. The van der Waals surface area contributed by atoms with E-state index in [-0.39, 0.29) is 31.2 Å². The molecule has 1 aromatic rings. The van der Waals surface area contributed by atoms with Crippen molar-refractivity contribution in [3.8, 4) is 6.07 Å². The Morgan fingerprint density at radius 1 is 1.21 bits per heavy atom. The van der Waals surface area contributed by atoms with Crippen molar-refractivity contribution in [2.45, 2.75) is 121 Å². The van der Waals surface area contributed by atoms with Crippen molar-refractivity contribution in [1.29, 1.82) is 5.26 Å². The van der Waals surface area contributed by atoms with E-state index in [0.29, 0.717) is 37.6 Å². The van der Waals surface area contributed by atoms with Crippen LogP contribution < -0.4 is 5.32 Å². The highest BCUT2D eigenvalue weighted by molar-refractivity contribution is 6.47. The minimum Gasteiger partial charge on any atom is -0.444 e. The van der Waals surface area contributed by atoms with Gasteiger partial charge in [0.05, 0.1) is 30.7 Å². The van der Waals surface area contributed by atoms with Crippen LogP contribution in [0.1, 0.15) is 85.1 Å². The van der Waals surface area contributed by atoms with Crippen molar-refractivity contribution in [1.82, 2.24) is 15.1 Å². The summed E-state index contributed by atoms with van der Waals surface area (Å²) in [5, 5.41) is 12.9. The number of alkyl halides is 2. The van der Waals surface area contributed by atoms with Gasteiger partial charge in [0.15, 0.2) is 0 Å². The number of nitriles is 1. The Morgan fingerprint density at radius 3 is 2.60 bits per heavy atom. The van der Waals surface area contributed by atoms with Crippen molar-refractivity contribution in [2.75, 3.05) is 26.2 Å². The number of halogens is 2. The van der Waals surface area contributed by atoms with Gasteiger partial charge in [-0.3, -0.25) is 9.69 Å². The van der Waals surface area contributed by atoms with Crippen molar-refractivity contribution in [3.05, 3.63) is 47.5 Å². The summed E-state index contributed by atoms with van der Waals surface area (Å²) >= 11 is 0. The third-order valence-corrected chi connectivity index (χ3v) is 11.1. The number of carbonyl (C=O) groups excluding carboxylic acids is 2. The topological polar surface area (TPSA) is 104 Å². The monoisotopic (exact) mass is 668 g/mol. The molecule has 1 N–H and O–H groups in total. The van der Waals surface area contributed by atoms with Crippen LogP contribution in [-0.2, 0) is 25.3 Å². The third kappa shape index (κ3) is 8.23. The van der Waals surface area contributed by atoms with Crippen molar-refractivity contribution in [3.63, 3.8) is 0 Å². The zero-order chi connectivity index (χ0) is 34.7. The minimum absolute atomic E-state index is 0.0607. The zero-order valence-electron chi connectivity index (χ0n) is 29.1. The van der Waals surface area contributed by atoms with Crippen LogP contribution in [0.5, 0.6) is 0 Å². The van der Waals surface area contributed by atoms with E-state index in [1.54, 1.807) is 18.7 Å². The number of benzene rings is 1. The fourth-order valence-corrected chi connectivity index (χ4v) is 8.04. The van der Waals surface area contributed by atoms with Gasteiger partial charge in [0.1, 0.15) is 17.7 Å². The largest absolute Gasteiger partial charge is 0.482 e. The summed E-state index contributed by atoms with van der Waals surface area (Å²) < 4.78 is 47.0. The van der Waals surface area contributed by atoms with Crippen molar-refractivity contribution < 1.29 is 32.4 Å². The highest BCUT2D eigenvalue weighted by Gasteiger charge is 2.57. The SMILES string of the molecule is CC[C@H]1C[C@@H](CC)[C@]2(C)OB([C@H](Cc3ccccc3)NC(=O)O[C@H]3CCCN(C(=O)/C(C#N)=C/C(C)(C)N4CCC(F)(F)C4)C3)O[C@@H]2C1. The molecular formula is C36H51BF2N4O5. The lowest BCUT2D eigenvalue weighted by atomic mass is 9.68. The van der Waals surface area contributed by atoms with Gasteiger partial charge in [-0.25, -0.2) is 13.6 Å². The Bertz CT molecular complexity index is 1370. The Labute approximate surface area is 284 Å². The van der Waals surface area contributed by atoms with Crippen LogP contribution in [-0.4, -0.2) is 90.3 Å². The maximum Gasteiger partial charge on any atom is 0.482 e. The normalized spacial score (nSPS) is 30.0. The lowest BCUT2D eigenvalue weighted by Gasteiger charge is -2.45. The van der Waals surface area contributed by atoms with E-state index in [2.05, 4.69) is 26.1 Å². The van der Waals surface area contributed by atoms with E-state index < -0.39 is 54.8 Å². The summed E-state index contributed by atoms with van der Waals surface area (Å²) in [5.74, 6) is -2.86. The molecule has 5 rings (SSSR count). The van der Waals surface area contributed by atoms with Crippen molar-refractivity contribution in [2.24, 2.45) is 11.8 Å². The van der Waals surface area contributed by atoms with Crippen LogP contribution in [0.3, 0.4) is 0 Å². The highest BCUT2D eigenvalue weighted by Crippen LogP contribution is 2.48. The second-order valence-corrected chi connectivity index (χ2v) is 14.9. The first-order chi connectivity index (χ1) is 22.8. The number of fused-ring (bicyclic) bond motifs is 1. The second-order valence-electron chi connectivity index (χ2n) is 14.9. The molecule has 4 aliphatic rings. The first-order valence-electron chi connectivity index (χ1n) is 17.7. The summed E-state index contributed by atoms with van der Waals surface area (Å²) in [6.07, 6.45) is 5.72. The molecule has 48 heavy (non-hydrogen) atoms. The molecule has 1 aromatic carbocycles. The Hall–Kier alpha value is -3.01. The number of hydrogen-bond donors (Lipinski definition) is 1. The van der Waals surface area contributed by atoms with E-state index in [4.69, 9.17) is 14.0 Å². The maximum atomic E-state index is 13.9. The van der Waals surface area contributed by atoms with Gasteiger partial charge >= 0.3 is 13.2 Å². The van der Waals surface area contributed by atoms with Gasteiger partial charge in [-0.05, 0) is 76.4 Å². The molecule has 9 nitrogen and oxygen atoms in total. The summed E-state index contributed by atoms with van der Waals surface area (Å²) in [6, 6.07) is 11.9. The lowest BCUT2D eigenvalue weighted by molar-refractivity contribution is -0.129. The average molecular weight is 669 g/mol. The van der Waals surface area contributed by atoms with Gasteiger partial charge < -0.3 is 24.3 Å². The van der Waals surface area contributed by atoms with E-state index in [0.717, 1.165) is 31.2 Å². The number of rotatable bonds is 10. The zero-order valence-corrected chi connectivity index (χ0v) is 29.1. The third-order valence-electron chi connectivity index (χ3n) is 11.1. The van der Waals surface area contributed by atoms with Crippen LogP contribution in [0.25, 0.3) is 0 Å². The van der Waals surface area contributed by atoms with E-state index in [9.17, 15) is 23.6 Å². The number of nitrogens with one attached hydrogen (secondary N) is 1. The number of ether oxygens (including phenoxy) is 1. The second kappa shape index (κ2) is 14.9. The number of piperidine rings is 1. The summed E-state index contributed by atoms with van der Waals surface area (Å²) in [5.41, 5.74) is -0.427. The number of nitrogens with zero attached hydrogens (tertiary/aromatic N) is 3. The molecule has 3 aliphatic heterocycles. The van der Waals surface area contributed by atoms with Gasteiger partial charge in [-0.2, -0.15) is 5.26 Å². The Balaban J connectivity index is 1.24. The van der Waals surface area contributed by atoms with Gasteiger partial charge in [-0.15, -0.1) is 0 Å². The van der Waals surface area contributed by atoms with Gasteiger partial charge in [-0.1, -0.05) is 57.0 Å². The summed E-state index contributed by atoms with van der Waals surface area (Å²) in [4.78, 5) is 30.0. The molecule has 1 aliphatic carbocycles. The van der Waals surface area contributed by atoms with Gasteiger partial charge in [0.2, 0.25) is 0 Å². The standard InChI is InChI=1S/C36H51BF2N4O5/c1-6-25-18-28(7-2)35(5)30(19-25)47-37(48-35)31(20-26-12-9-8-10-13-26)41-33(45)46-29-14-11-16-42(23-29)32(44)27(22-40)21-34(3,4)43-17-15-36(38,39)24-43/h8-10,12-13,21,25,28-31H,6-7,11,14-20,23-24H2,1-5H3,(H,41,45)/b27-21+/t25-,28+,29-,30+,31-,35-/m0/s1. The van der Waals surface area contributed by atoms with E-state index >= 15 is 0 Å². The molecule has 1 saturated carbocycles. The van der Waals surface area contributed by atoms with Crippen LogP contribution in [0.2, 0.25) is 0 Å². The number of carbonyl (C=O) groups is 2. The molecule has 3 heterocycles. The predicted octanol–water partition coefficient (Wildman–Crippen LogP) is 5.93. The molecule has 262 valence electrons. The van der Waals surface area contributed by atoms with Crippen LogP contribution >= 0.6 is 0 Å². The molecule has 0 unspecified atom stereocenters. The first-order valence-corrected chi connectivity index (χ1v) is 17.7. The summed E-state index contributed by atoms with van der Waals surface area (Å²) in [7, 11) is -0.649. The molecule has 3 saturated heterocycles. The predicted molar refractivity (Wildman–Crippen MR) is 179 cm³/mol. The number of likely N-dealkylation sites (tertiary alicyclic amines) is 2. The highest BCUT2D eigenvalue weighted by atomic mass is 19.3. The molecular weight excluding hydrogens is 617 g/mol. The number of alkyl carbamates (subject to hydrolysis) is 1. The van der Waals surface area contributed by atoms with Crippen LogP contribution in [0, 0.1) is 23.2 Å². The lowest BCUT2D eigenvalue weighted by Crippen LogP contribution is -2.52. The Kier molecular flexibility index (Phi) is 11.2. The van der Waals surface area contributed by atoms with Gasteiger partial charge in [0.25, 0.3) is 11.8 Å². The van der Waals surface area contributed by atoms with Crippen LogP contribution in [0.15, 0.2) is 42.0 Å². The molecule has 0 spiro atoms. The minimum atomic E-state index is -2.79. The van der Waals surface area contributed by atoms with E-state index in [1.165, 1.54) is 11.0 Å². The Morgan fingerprint density at radius 2 is 1.96 bits per heavy atom.